The van der Waals surface area contributed by atoms with E-state index in [1.54, 1.807) is 12.1 Å². The third kappa shape index (κ3) is 4.44. The maximum absolute atomic E-state index is 10.9. The monoisotopic (exact) mass is 460 g/mol. The Balaban J connectivity index is 2.24. The zero-order chi connectivity index (χ0) is 15.2. The molecule has 0 aliphatic carbocycles. The van der Waals surface area contributed by atoms with Crippen LogP contribution in [0, 0.1) is 3.57 Å². The predicted octanol–water partition coefficient (Wildman–Crippen LogP) is 4.84. The zero-order valence-corrected chi connectivity index (χ0v) is 15.2. The Labute approximate surface area is 145 Å². The first-order chi connectivity index (χ1) is 10.1. The molecule has 2 aromatic rings. The smallest absolute Gasteiger partial charge is 0.175 e. The van der Waals surface area contributed by atoms with E-state index >= 15 is 0 Å². The average molecular weight is 461 g/mol. The van der Waals surface area contributed by atoms with Crippen LogP contribution in [0.2, 0.25) is 0 Å². The lowest BCUT2D eigenvalue weighted by atomic mass is 10.2. The molecule has 2 aromatic carbocycles. The van der Waals surface area contributed by atoms with Gasteiger partial charge in [-0.15, -0.1) is 0 Å². The summed E-state index contributed by atoms with van der Waals surface area (Å²) in [5.41, 5.74) is 1.64. The molecule has 5 heteroatoms. The molecule has 0 bridgehead atoms. The fraction of sp³-hybridized carbons (Fsp3) is 0.188. The van der Waals surface area contributed by atoms with Crippen molar-refractivity contribution in [2.45, 2.75) is 13.5 Å². The van der Waals surface area contributed by atoms with Crippen molar-refractivity contribution in [3.8, 4) is 11.5 Å². The van der Waals surface area contributed by atoms with Gasteiger partial charge in [-0.25, -0.2) is 0 Å². The topological polar surface area (TPSA) is 35.5 Å². The second kappa shape index (κ2) is 7.79. The lowest BCUT2D eigenvalue weighted by Crippen LogP contribution is -2.02. The van der Waals surface area contributed by atoms with Gasteiger partial charge in [-0.3, -0.25) is 4.79 Å². The van der Waals surface area contributed by atoms with Gasteiger partial charge in [-0.1, -0.05) is 28.1 Å². The van der Waals surface area contributed by atoms with Gasteiger partial charge >= 0.3 is 0 Å². The fourth-order valence-corrected chi connectivity index (χ4v) is 3.07. The minimum Gasteiger partial charge on any atom is -0.490 e. The van der Waals surface area contributed by atoms with E-state index in [4.69, 9.17) is 9.47 Å². The summed E-state index contributed by atoms with van der Waals surface area (Å²) < 4.78 is 13.3. The van der Waals surface area contributed by atoms with Gasteiger partial charge in [0.2, 0.25) is 0 Å². The molecule has 0 radical (unpaired) electrons. The number of hydrogen-bond acceptors (Lipinski definition) is 3. The van der Waals surface area contributed by atoms with Crippen molar-refractivity contribution in [2.24, 2.45) is 0 Å². The SMILES string of the molecule is CCOc1cc(C=O)cc(I)c1OCc1cccc(Br)c1. The molecule has 21 heavy (non-hydrogen) atoms. The summed E-state index contributed by atoms with van der Waals surface area (Å²) in [5.74, 6) is 1.27. The number of halogens is 2. The second-order valence-electron chi connectivity index (χ2n) is 4.30. The maximum Gasteiger partial charge on any atom is 0.175 e. The van der Waals surface area contributed by atoms with Crippen molar-refractivity contribution in [3.63, 3.8) is 0 Å². The average Bonchev–Trinajstić information content (AvgIpc) is 2.46. The van der Waals surface area contributed by atoms with Gasteiger partial charge in [0.1, 0.15) is 12.9 Å². The summed E-state index contributed by atoms with van der Waals surface area (Å²) in [6.07, 6.45) is 0.808. The number of aldehydes is 1. The quantitative estimate of drug-likeness (QED) is 0.457. The van der Waals surface area contributed by atoms with E-state index in [9.17, 15) is 4.79 Å². The Morgan fingerprint density at radius 2 is 2.05 bits per heavy atom. The molecule has 3 nitrogen and oxygen atoms in total. The van der Waals surface area contributed by atoms with Crippen molar-refractivity contribution in [2.75, 3.05) is 6.61 Å². The van der Waals surface area contributed by atoms with E-state index in [1.807, 2.05) is 31.2 Å². The van der Waals surface area contributed by atoms with Crippen LogP contribution >= 0.6 is 38.5 Å². The van der Waals surface area contributed by atoms with Crippen LogP contribution in [0.25, 0.3) is 0 Å². The van der Waals surface area contributed by atoms with Gasteiger partial charge in [0.05, 0.1) is 10.2 Å². The van der Waals surface area contributed by atoms with Crippen molar-refractivity contribution in [1.29, 1.82) is 0 Å². The molecule has 0 heterocycles. The first kappa shape index (κ1) is 16.3. The molecule has 2 rings (SSSR count). The number of hydrogen-bond donors (Lipinski definition) is 0. The summed E-state index contributed by atoms with van der Waals surface area (Å²) in [7, 11) is 0. The molecule has 0 N–H and O–H groups in total. The molecule has 0 amide bonds. The van der Waals surface area contributed by atoms with Gasteiger partial charge < -0.3 is 9.47 Å². The van der Waals surface area contributed by atoms with Gasteiger partial charge in [-0.2, -0.15) is 0 Å². The lowest BCUT2D eigenvalue weighted by molar-refractivity contribution is 0.112. The molecule has 0 fully saturated rings. The number of rotatable bonds is 6. The third-order valence-corrected chi connectivity index (χ3v) is 4.03. The zero-order valence-electron chi connectivity index (χ0n) is 11.4. The second-order valence-corrected chi connectivity index (χ2v) is 6.38. The van der Waals surface area contributed by atoms with Crippen molar-refractivity contribution >= 4 is 44.8 Å². The van der Waals surface area contributed by atoms with Gasteiger partial charge in [0.25, 0.3) is 0 Å². The summed E-state index contributed by atoms with van der Waals surface area (Å²) >= 11 is 5.59. The van der Waals surface area contributed by atoms with E-state index in [0.717, 1.165) is 19.9 Å². The highest BCUT2D eigenvalue weighted by molar-refractivity contribution is 14.1. The highest BCUT2D eigenvalue weighted by Crippen LogP contribution is 2.34. The van der Waals surface area contributed by atoms with Crippen LogP contribution in [0.4, 0.5) is 0 Å². The summed E-state index contributed by atoms with van der Waals surface area (Å²) in [6, 6.07) is 11.4. The van der Waals surface area contributed by atoms with E-state index in [-0.39, 0.29) is 0 Å². The molecular formula is C16H14BrIO3. The first-order valence-electron chi connectivity index (χ1n) is 6.42. The maximum atomic E-state index is 10.9. The number of carbonyl (C=O) groups is 1. The Morgan fingerprint density at radius 1 is 1.24 bits per heavy atom. The first-order valence-corrected chi connectivity index (χ1v) is 8.30. The van der Waals surface area contributed by atoms with Crippen LogP contribution in [0.5, 0.6) is 11.5 Å². The Morgan fingerprint density at radius 3 is 2.71 bits per heavy atom. The van der Waals surface area contributed by atoms with Gasteiger partial charge in [0, 0.05) is 10.0 Å². The molecule has 0 unspecified atom stereocenters. The number of benzene rings is 2. The highest BCUT2D eigenvalue weighted by atomic mass is 127. The van der Waals surface area contributed by atoms with Crippen LogP contribution in [-0.4, -0.2) is 12.9 Å². The van der Waals surface area contributed by atoms with E-state index in [0.29, 0.717) is 30.3 Å². The lowest BCUT2D eigenvalue weighted by Gasteiger charge is -2.14. The van der Waals surface area contributed by atoms with Crippen molar-refractivity contribution in [3.05, 3.63) is 55.6 Å². The number of carbonyl (C=O) groups excluding carboxylic acids is 1. The van der Waals surface area contributed by atoms with Crippen LogP contribution < -0.4 is 9.47 Å². The Hall–Kier alpha value is -1.08. The van der Waals surface area contributed by atoms with Crippen molar-refractivity contribution in [1.82, 2.24) is 0 Å². The molecule has 0 aliphatic rings. The molecule has 0 aliphatic heterocycles. The highest BCUT2D eigenvalue weighted by Gasteiger charge is 2.12. The molecule has 0 spiro atoms. The van der Waals surface area contributed by atoms with E-state index < -0.39 is 0 Å². The fourth-order valence-electron chi connectivity index (χ4n) is 1.84. The third-order valence-electron chi connectivity index (χ3n) is 2.74. The Kier molecular flexibility index (Phi) is 6.05. The Bertz CT molecular complexity index is 643. The summed E-state index contributed by atoms with van der Waals surface area (Å²) in [6.45, 7) is 2.86. The summed E-state index contributed by atoms with van der Waals surface area (Å²) in [4.78, 5) is 10.9. The van der Waals surface area contributed by atoms with Crippen molar-refractivity contribution < 1.29 is 14.3 Å². The molecule has 0 saturated heterocycles. The van der Waals surface area contributed by atoms with Crippen LogP contribution in [0.3, 0.4) is 0 Å². The standard InChI is InChI=1S/C16H14BrIO3/c1-2-20-15-8-12(9-19)7-14(18)16(15)21-10-11-4-3-5-13(17)6-11/h3-9H,2,10H2,1H3. The normalized spacial score (nSPS) is 10.2. The number of ether oxygens (including phenoxy) is 2. The summed E-state index contributed by atoms with van der Waals surface area (Å²) in [5, 5.41) is 0. The van der Waals surface area contributed by atoms with E-state index in [2.05, 4.69) is 38.5 Å². The molecular weight excluding hydrogens is 447 g/mol. The van der Waals surface area contributed by atoms with Gasteiger partial charge in [-0.05, 0) is 59.3 Å². The van der Waals surface area contributed by atoms with Crippen LogP contribution in [-0.2, 0) is 6.61 Å². The van der Waals surface area contributed by atoms with E-state index in [1.165, 1.54) is 0 Å². The minimum atomic E-state index is 0.440. The van der Waals surface area contributed by atoms with Gasteiger partial charge in [0.15, 0.2) is 11.5 Å². The largest absolute Gasteiger partial charge is 0.490 e. The molecule has 110 valence electrons. The molecule has 0 saturated carbocycles. The van der Waals surface area contributed by atoms with Crippen LogP contribution in [0.15, 0.2) is 40.9 Å². The molecule has 0 aromatic heterocycles. The molecule has 0 atom stereocenters. The van der Waals surface area contributed by atoms with Crippen LogP contribution in [0.1, 0.15) is 22.8 Å². The minimum absolute atomic E-state index is 0.440. The predicted molar refractivity (Wildman–Crippen MR) is 94.2 cm³/mol.